The minimum Gasteiger partial charge on any atom is -0.368 e. The van der Waals surface area contributed by atoms with Crippen LogP contribution in [0.4, 0.5) is 5.82 Å². The number of hydrogen-bond donors (Lipinski definition) is 2. The fourth-order valence-electron chi connectivity index (χ4n) is 1.68. The maximum atomic E-state index is 4.42. The van der Waals surface area contributed by atoms with E-state index in [0.29, 0.717) is 6.04 Å². The number of hydrogen-bond acceptors (Lipinski definition) is 4. The van der Waals surface area contributed by atoms with E-state index in [2.05, 4.69) is 34.4 Å². The topological polar surface area (TPSA) is 49.8 Å². The van der Waals surface area contributed by atoms with E-state index in [1.54, 1.807) is 0 Å². The predicted octanol–water partition coefficient (Wildman–Crippen LogP) is 1.21. The predicted molar refractivity (Wildman–Crippen MR) is 56.1 cm³/mol. The molecule has 0 spiro atoms. The molecule has 14 heavy (non-hydrogen) atoms. The average molecular weight is 192 g/mol. The second kappa shape index (κ2) is 3.53. The molecule has 2 heterocycles. The first-order chi connectivity index (χ1) is 6.66. The number of aryl methyl sites for hydroxylation is 1. The highest BCUT2D eigenvalue weighted by atomic mass is 15.1. The Morgan fingerprint density at radius 3 is 2.79 bits per heavy atom. The third-order valence-electron chi connectivity index (χ3n) is 2.22. The van der Waals surface area contributed by atoms with Gasteiger partial charge in [0.1, 0.15) is 11.6 Å². The zero-order valence-electron chi connectivity index (χ0n) is 8.89. The second-order valence-electron chi connectivity index (χ2n) is 3.95. The summed E-state index contributed by atoms with van der Waals surface area (Å²) in [5, 5.41) is 6.64. The lowest BCUT2D eigenvalue weighted by molar-refractivity contribution is 0.756. The van der Waals surface area contributed by atoms with E-state index in [1.165, 1.54) is 5.56 Å². The van der Waals surface area contributed by atoms with Crippen LogP contribution in [0.2, 0.25) is 0 Å². The van der Waals surface area contributed by atoms with Crippen molar-refractivity contribution >= 4 is 5.82 Å². The molecule has 0 fully saturated rings. The van der Waals surface area contributed by atoms with Crippen molar-refractivity contribution < 1.29 is 0 Å². The zero-order chi connectivity index (χ0) is 10.1. The molecule has 0 saturated heterocycles. The van der Waals surface area contributed by atoms with Crippen molar-refractivity contribution in [3.05, 3.63) is 17.1 Å². The van der Waals surface area contributed by atoms with Crippen LogP contribution in [0.25, 0.3) is 0 Å². The van der Waals surface area contributed by atoms with Gasteiger partial charge in [-0.1, -0.05) is 0 Å². The first-order valence-corrected chi connectivity index (χ1v) is 5.00. The molecule has 4 heteroatoms. The number of anilines is 1. The van der Waals surface area contributed by atoms with Gasteiger partial charge in [0.2, 0.25) is 0 Å². The van der Waals surface area contributed by atoms with Gasteiger partial charge in [0.15, 0.2) is 0 Å². The number of nitrogens with one attached hydrogen (secondary N) is 2. The highest BCUT2D eigenvalue weighted by molar-refractivity contribution is 5.48. The maximum absolute atomic E-state index is 4.42. The summed E-state index contributed by atoms with van der Waals surface area (Å²) in [6.07, 6.45) is 0. The van der Waals surface area contributed by atoms with E-state index < -0.39 is 0 Å². The van der Waals surface area contributed by atoms with Crippen LogP contribution >= 0.6 is 0 Å². The van der Waals surface area contributed by atoms with Crippen molar-refractivity contribution in [3.63, 3.8) is 0 Å². The normalized spacial score (nSPS) is 14.6. The first-order valence-electron chi connectivity index (χ1n) is 5.00. The van der Waals surface area contributed by atoms with Crippen LogP contribution in [-0.4, -0.2) is 16.0 Å². The quantitative estimate of drug-likeness (QED) is 0.739. The third-order valence-corrected chi connectivity index (χ3v) is 2.22. The van der Waals surface area contributed by atoms with Crippen LogP contribution < -0.4 is 10.6 Å². The van der Waals surface area contributed by atoms with Gasteiger partial charge in [0.25, 0.3) is 0 Å². The standard InChI is InChI=1S/C10H16N4/c1-6(2)12-10-8-4-11-5-9(8)13-7(3)14-10/h6,11H,4-5H2,1-3H3,(H,12,13,14). The lowest BCUT2D eigenvalue weighted by Crippen LogP contribution is -2.14. The molecule has 0 saturated carbocycles. The molecule has 0 amide bonds. The van der Waals surface area contributed by atoms with Crippen molar-refractivity contribution in [2.45, 2.75) is 39.9 Å². The number of fused-ring (bicyclic) bond motifs is 1. The van der Waals surface area contributed by atoms with E-state index in [4.69, 9.17) is 0 Å². The highest BCUT2D eigenvalue weighted by Crippen LogP contribution is 2.21. The fraction of sp³-hybridized carbons (Fsp3) is 0.600. The lowest BCUT2D eigenvalue weighted by Gasteiger charge is -2.12. The molecule has 1 aliphatic heterocycles. The molecule has 1 aliphatic rings. The van der Waals surface area contributed by atoms with E-state index in [9.17, 15) is 0 Å². The van der Waals surface area contributed by atoms with Crippen LogP contribution in [-0.2, 0) is 13.1 Å². The molecule has 0 aliphatic carbocycles. The Balaban J connectivity index is 2.38. The van der Waals surface area contributed by atoms with E-state index >= 15 is 0 Å². The summed E-state index contributed by atoms with van der Waals surface area (Å²) in [4.78, 5) is 8.83. The van der Waals surface area contributed by atoms with Crippen molar-refractivity contribution in [3.8, 4) is 0 Å². The van der Waals surface area contributed by atoms with Gasteiger partial charge in [0.05, 0.1) is 5.69 Å². The minimum absolute atomic E-state index is 0.411. The van der Waals surface area contributed by atoms with Crippen molar-refractivity contribution in [1.82, 2.24) is 15.3 Å². The second-order valence-corrected chi connectivity index (χ2v) is 3.95. The number of rotatable bonds is 2. The molecule has 0 unspecified atom stereocenters. The minimum atomic E-state index is 0.411. The van der Waals surface area contributed by atoms with Gasteiger partial charge in [0, 0.05) is 24.7 Å². The van der Waals surface area contributed by atoms with Crippen molar-refractivity contribution in [2.75, 3.05) is 5.32 Å². The highest BCUT2D eigenvalue weighted by Gasteiger charge is 2.17. The molecule has 0 radical (unpaired) electrons. The number of aromatic nitrogens is 2. The molecule has 1 aromatic heterocycles. The van der Waals surface area contributed by atoms with Gasteiger partial charge < -0.3 is 10.6 Å². The Hall–Kier alpha value is -1.16. The Bertz CT molecular complexity index is 346. The van der Waals surface area contributed by atoms with Gasteiger partial charge in [-0.05, 0) is 20.8 Å². The van der Waals surface area contributed by atoms with Crippen LogP contribution in [0.3, 0.4) is 0 Å². The molecule has 0 aromatic carbocycles. The molecule has 2 N–H and O–H groups in total. The zero-order valence-corrected chi connectivity index (χ0v) is 8.89. The largest absolute Gasteiger partial charge is 0.368 e. The summed E-state index contributed by atoms with van der Waals surface area (Å²) >= 11 is 0. The summed E-state index contributed by atoms with van der Waals surface area (Å²) in [5.41, 5.74) is 2.37. The van der Waals surface area contributed by atoms with Gasteiger partial charge in [-0.25, -0.2) is 9.97 Å². The Kier molecular flexibility index (Phi) is 2.37. The first kappa shape index (κ1) is 9.40. The number of nitrogens with zero attached hydrogens (tertiary/aromatic N) is 2. The van der Waals surface area contributed by atoms with Gasteiger partial charge in [-0.15, -0.1) is 0 Å². The molecule has 4 nitrogen and oxygen atoms in total. The van der Waals surface area contributed by atoms with E-state index in [-0.39, 0.29) is 0 Å². The Morgan fingerprint density at radius 2 is 2.07 bits per heavy atom. The van der Waals surface area contributed by atoms with Crippen molar-refractivity contribution in [1.29, 1.82) is 0 Å². The molecule has 76 valence electrons. The fourth-order valence-corrected chi connectivity index (χ4v) is 1.68. The summed E-state index contributed by atoms with van der Waals surface area (Å²) in [6.45, 7) is 7.92. The lowest BCUT2D eigenvalue weighted by atomic mass is 10.2. The van der Waals surface area contributed by atoms with Crippen LogP contribution in [0, 0.1) is 6.92 Å². The van der Waals surface area contributed by atoms with E-state index in [1.807, 2.05) is 6.92 Å². The summed E-state index contributed by atoms with van der Waals surface area (Å²) in [6, 6.07) is 0.411. The maximum Gasteiger partial charge on any atom is 0.134 e. The van der Waals surface area contributed by atoms with Crippen LogP contribution in [0.5, 0.6) is 0 Å². The molecule has 0 bridgehead atoms. The van der Waals surface area contributed by atoms with Crippen molar-refractivity contribution in [2.24, 2.45) is 0 Å². The molecular weight excluding hydrogens is 176 g/mol. The Labute approximate surface area is 84.2 Å². The van der Waals surface area contributed by atoms with Crippen LogP contribution in [0.15, 0.2) is 0 Å². The summed E-state index contributed by atoms with van der Waals surface area (Å²) < 4.78 is 0. The van der Waals surface area contributed by atoms with E-state index in [0.717, 1.165) is 30.4 Å². The van der Waals surface area contributed by atoms with Gasteiger partial charge >= 0.3 is 0 Å². The van der Waals surface area contributed by atoms with Gasteiger partial charge in [-0.2, -0.15) is 0 Å². The Morgan fingerprint density at radius 1 is 1.29 bits per heavy atom. The third kappa shape index (κ3) is 1.70. The average Bonchev–Trinajstić information content (AvgIpc) is 2.50. The molecule has 0 atom stereocenters. The van der Waals surface area contributed by atoms with Crippen LogP contribution in [0.1, 0.15) is 30.9 Å². The monoisotopic (exact) mass is 192 g/mol. The SMILES string of the molecule is Cc1nc2c(c(NC(C)C)n1)CNC2. The summed E-state index contributed by atoms with van der Waals surface area (Å²) in [7, 11) is 0. The van der Waals surface area contributed by atoms with Gasteiger partial charge in [-0.3, -0.25) is 0 Å². The molecule has 2 rings (SSSR count). The summed E-state index contributed by atoms with van der Waals surface area (Å²) in [5.74, 6) is 1.84. The molecular formula is C10H16N4. The molecule has 1 aromatic rings. The smallest absolute Gasteiger partial charge is 0.134 e.